The van der Waals surface area contributed by atoms with E-state index >= 15 is 0 Å². The molecule has 21 heavy (non-hydrogen) atoms. The van der Waals surface area contributed by atoms with E-state index in [4.69, 9.17) is 4.74 Å². The lowest BCUT2D eigenvalue weighted by atomic mass is 10.2. The Morgan fingerprint density at radius 3 is 2.95 bits per heavy atom. The molecule has 1 aromatic rings. The molecule has 6 nitrogen and oxygen atoms in total. The number of nitrogens with zero attached hydrogens (tertiary/aromatic N) is 1. The van der Waals surface area contributed by atoms with E-state index in [-0.39, 0.29) is 12.1 Å². The summed E-state index contributed by atoms with van der Waals surface area (Å²) in [6.45, 7) is 2.81. The third-order valence-corrected chi connectivity index (χ3v) is 4.72. The fourth-order valence-corrected chi connectivity index (χ4v) is 3.44. The number of aryl methyl sites for hydroxylation is 1. The van der Waals surface area contributed by atoms with E-state index in [1.54, 1.807) is 11.3 Å². The number of carbonyl (C=O) groups is 2. The molecular weight excluding hydrogens is 292 g/mol. The highest BCUT2D eigenvalue weighted by Crippen LogP contribution is 2.21. The number of aliphatic carboxylic acids is 1. The summed E-state index contributed by atoms with van der Waals surface area (Å²) in [6.07, 6.45) is 1.03. The molecule has 0 bridgehead atoms. The molecule has 1 aliphatic heterocycles. The van der Waals surface area contributed by atoms with Gasteiger partial charge in [0.05, 0.1) is 12.6 Å². The predicted molar refractivity (Wildman–Crippen MR) is 79.5 cm³/mol. The van der Waals surface area contributed by atoms with Gasteiger partial charge in [0.25, 0.3) is 0 Å². The summed E-state index contributed by atoms with van der Waals surface area (Å²) in [5.74, 6) is -0.991. The molecule has 0 spiro atoms. The van der Waals surface area contributed by atoms with Crippen molar-refractivity contribution in [2.75, 3.05) is 13.7 Å². The Bertz CT molecular complexity index is 517. The number of nitrogens with one attached hydrogen (secondary N) is 1. The quantitative estimate of drug-likeness (QED) is 0.867. The molecule has 1 aliphatic rings. The zero-order valence-corrected chi connectivity index (χ0v) is 13.0. The minimum atomic E-state index is -0.991. The van der Waals surface area contributed by atoms with Crippen molar-refractivity contribution in [1.82, 2.24) is 10.2 Å². The normalized spacial score (nSPS) is 21.5. The summed E-state index contributed by atoms with van der Waals surface area (Å²) in [5, 5.41) is 14.0. The number of thiophene rings is 1. The Kier molecular flexibility index (Phi) is 5.19. The van der Waals surface area contributed by atoms with Gasteiger partial charge in [-0.2, -0.15) is 0 Å². The fraction of sp³-hybridized carbons (Fsp3) is 0.571. The number of hydrogen-bond acceptors (Lipinski definition) is 4. The van der Waals surface area contributed by atoms with Crippen LogP contribution in [0.1, 0.15) is 23.8 Å². The van der Waals surface area contributed by atoms with Crippen molar-refractivity contribution in [3.8, 4) is 0 Å². The Hall–Kier alpha value is -1.60. The maximum absolute atomic E-state index is 12.2. The number of rotatable bonds is 5. The van der Waals surface area contributed by atoms with E-state index in [2.05, 4.69) is 12.2 Å². The minimum absolute atomic E-state index is 0.218. The summed E-state index contributed by atoms with van der Waals surface area (Å²) >= 11 is 1.60. The van der Waals surface area contributed by atoms with E-state index in [0.717, 1.165) is 11.3 Å². The first-order valence-corrected chi connectivity index (χ1v) is 7.80. The Morgan fingerprint density at radius 2 is 2.33 bits per heavy atom. The van der Waals surface area contributed by atoms with Gasteiger partial charge in [0.2, 0.25) is 0 Å². The molecular formula is C14H20N2O4S. The molecule has 0 saturated carbocycles. The van der Waals surface area contributed by atoms with Crippen LogP contribution in [0.4, 0.5) is 4.79 Å². The molecule has 1 saturated heterocycles. The molecule has 0 radical (unpaired) electrons. The second-order valence-corrected chi connectivity index (χ2v) is 5.98. The van der Waals surface area contributed by atoms with Crippen LogP contribution in [0.3, 0.4) is 0 Å². The van der Waals surface area contributed by atoms with Crippen molar-refractivity contribution in [2.24, 2.45) is 0 Å². The molecule has 7 heteroatoms. The second kappa shape index (κ2) is 6.91. The predicted octanol–water partition coefficient (Wildman–Crippen LogP) is 1.69. The van der Waals surface area contributed by atoms with Crippen LogP contribution in [0.2, 0.25) is 0 Å². The van der Waals surface area contributed by atoms with Crippen LogP contribution < -0.4 is 5.32 Å². The largest absolute Gasteiger partial charge is 0.480 e. The van der Waals surface area contributed by atoms with Crippen molar-refractivity contribution in [2.45, 2.75) is 38.5 Å². The number of urea groups is 1. The third kappa shape index (κ3) is 3.54. The van der Waals surface area contributed by atoms with Gasteiger partial charge in [0.15, 0.2) is 0 Å². The second-order valence-electron chi connectivity index (χ2n) is 4.98. The number of likely N-dealkylation sites (tertiary alicyclic amines) is 1. The summed E-state index contributed by atoms with van der Waals surface area (Å²) < 4.78 is 5.18. The average Bonchev–Trinajstić information content (AvgIpc) is 3.10. The maximum Gasteiger partial charge on any atom is 0.326 e. The number of carboxylic acids is 1. The SMILES string of the molecule is CCc1ccsc1CNC(=O)N1CC(OC)CC1C(=O)O. The first-order valence-electron chi connectivity index (χ1n) is 6.92. The van der Waals surface area contributed by atoms with Crippen molar-refractivity contribution in [1.29, 1.82) is 0 Å². The number of ether oxygens (including phenoxy) is 1. The number of carbonyl (C=O) groups excluding carboxylic acids is 1. The van der Waals surface area contributed by atoms with Gasteiger partial charge in [-0.15, -0.1) is 11.3 Å². The molecule has 2 rings (SSSR count). The minimum Gasteiger partial charge on any atom is -0.480 e. The van der Waals surface area contributed by atoms with Crippen LogP contribution in [0.25, 0.3) is 0 Å². The number of methoxy groups -OCH3 is 1. The van der Waals surface area contributed by atoms with E-state index in [9.17, 15) is 14.7 Å². The number of carboxylic acid groups (broad SMARTS) is 1. The summed E-state index contributed by atoms with van der Waals surface area (Å²) in [4.78, 5) is 25.9. The average molecular weight is 312 g/mol. The highest BCUT2D eigenvalue weighted by atomic mass is 32.1. The molecule has 1 aromatic heterocycles. The topological polar surface area (TPSA) is 78.9 Å². The van der Waals surface area contributed by atoms with Crippen molar-refractivity contribution < 1.29 is 19.4 Å². The van der Waals surface area contributed by atoms with E-state index in [0.29, 0.717) is 19.5 Å². The Labute approximate surface area is 127 Å². The number of amides is 2. The molecule has 2 unspecified atom stereocenters. The first kappa shape index (κ1) is 15.8. The van der Waals surface area contributed by atoms with Crippen LogP contribution in [0.15, 0.2) is 11.4 Å². The highest BCUT2D eigenvalue weighted by molar-refractivity contribution is 7.10. The van der Waals surface area contributed by atoms with Crippen molar-refractivity contribution in [3.05, 3.63) is 21.9 Å². The zero-order valence-electron chi connectivity index (χ0n) is 12.2. The highest BCUT2D eigenvalue weighted by Gasteiger charge is 2.39. The molecule has 2 atom stereocenters. The van der Waals surface area contributed by atoms with Gasteiger partial charge in [0.1, 0.15) is 6.04 Å². The zero-order chi connectivity index (χ0) is 15.4. The maximum atomic E-state index is 12.2. The van der Waals surface area contributed by atoms with Crippen molar-refractivity contribution in [3.63, 3.8) is 0 Å². The van der Waals surface area contributed by atoms with E-state index in [1.165, 1.54) is 17.6 Å². The van der Waals surface area contributed by atoms with Gasteiger partial charge in [-0.05, 0) is 23.4 Å². The molecule has 2 heterocycles. The lowest BCUT2D eigenvalue weighted by Gasteiger charge is -2.21. The van der Waals surface area contributed by atoms with Crippen LogP contribution in [0, 0.1) is 0 Å². The molecule has 0 aromatic carbocycles. The molecule has 1 fully saturated rings. The van der Waals surface area contributed by atoms with E-state index in [1.807, 2.05) is 11.4 Å². The third-order valence-electron chi connectivity index (χ3n) is 3.76. The van der Waals surface area contributed by atoms with Gasteiger partial charge in [0, 0.05) is 25.0 Å². The van der Waals surface area contributed by atoms with Crippen molar-refractivity contribution >= 4 is 23.3 Å². The van der Waals surface area contributed by atoms with Gasteiger partial charge in [-0.25, -0.2) is 9.59 Å². The molecule has 116 valence electrons. The first-order chi connectivity index (χ1) is 10.1. The Morgan fingerprint density at radius 1 is 1.57 bits per heavy atom. The van der Waals surface area contributed by atoms with E-state index < -0.39 is 12.0 Å². The van der Waals surface area contributed by atoms with Crippen LogP contribution in [-0.4, -0.2) is 47.8 Å². The standard InChI is InChI=1S/C14H20N2O4S/c1-3-9-4-5-21-12(9)7-15-14(19)16-8-10(20-2)6-11(16)13(17)18/h4-5,10-11H,3,6-8H2,1-2H3,(H,15,19)(H,17,18). The van der Waals surface area contributed by atoms with Crippen LogP contribution in [-0.2, 0) is 22.5 Å². The fourth-order valence-electron chi connectivity index (χ4n) is 2.52. The van der Waals surface area contributed by atoms with Gasteiger partial charge in [-0.3, -0.25) is 0 Å². The van der Waals surface area contributed by atoms with Gasteiger partial charge >= 0.3 is 12.0 Å². The summed E-state index contributed by atoms with van der Waals surface area (Å²) in [5.41, 5.74) is 1.21. The number of hydrogen-bond donors (Lipinski definition) is 2. The lowest BCUT2D eigenvalue weighted by molar-refractivity contribution is -0.141. The van der Waals surface area contributed by atoms with Gasteiger partial charge in [-0.1, -0.05) is 6.92 Å². The smallest absolute Gasteiger partial charge is 0.326 e. The molecule has 2 N–H and O–H groups in total. The summed E-state index contributed by atoms with van der Waals surface area (Å²) in [7, 11) is 1.53. The van der Waals surface area contributed by atoms with Crippen LogP contribution in [0.5, 0.6) is 0 Å². The Balaban J connectivity index is 1.97. The molecule has 2 amide bonds. The van der Waals surface area contributed by atoms with Crippen LogP contribution >= 0.6 is 11.3 Å². The summed E-state index contributed by atoms with van der Waals surface area (Å²) in [6, 6.07) is 0.879. The van der Waals surface area contributed by atoms with Gasteiger partial charge < -0.3 is 20.1 Å². The molecule has 0 aliphatic carbocycles. The monoisotopic (exact) mass is 312 g/mol. The lowest BCUT2D eigenvalue weighted by Crippen LogP contribution is -2.46.